The molecule has 112 valence electrons. The van der Waals surface area contributed by atoms with Crippen molar-refractivity contribution in [3.63, 3.8) is 0 Å². The fourth-order valence-corrected chi connectivity index (χ4v) is 4.00. The van der Waals surface area contributed by atoms with Crippen molar-refractivity contribution in [3.05, 3.63) is 16.5 Å². The van der Waals surface area contributed by atoms with Crippen LogP contribution in [-0.2, 0) is 4.79 Å². The summed E-state index contributed by atoms with van der Waals surface area (Å²) in [5.74, 6) is 1.33. The van der Waals surface area contributed by atoms with Crippen molar-refractivity contribution in [2.45, 2.75) is 65.7 Å². The number of unbranched alkanes of at least 4 members (excludes halogenated alkanes) is 1. The van der Waals surface area contributed by atoms with Crippen LogP contribution < -0.4 is 5.32 Å². The van der Waals surface area contributed by atoms with E-state index in [0.717, 1.165) is 23.8 Å². The number of amides is 1. The lowest BCUT2D eigenvalue weighted by molar-refractivity contribution is -0.121. The van der Waals surface area contributed by atoms with Crippen LogP contribution in [0.25, 0.3) is 0 Å². The average molecular weight is 293 g/mol. The van der Waals surface area contributed by atoms with Crippen LogP contribution in [0.3, 0.4) is 0 Å². The third-order valence-electron chi connectivity index (χ3n) is 4.60. The molecule has 1 saturated carbocycles. The topological polar surface area (TPSA) is 29.1 Å². The number of aryl methyl sites for hydroxylation is 2. The van der Waals surface area contributed by atoms with Gasteiger partial charge in [-0.15, -0.1) is 11.3 Å². The third kappa shape index (κ3) is 4.08. The molecule has 0 aromatic carbocycles. The van der Waals surface area contributed by atoms with Gasteiger partial charge in [0.25, 0.3) is 0 Å². The van der Waals surface area contributed by atoms with Gasteiger partial charge in [-0.05, 0) is 57.1 Å². The molecule has 1 fully saturated rings. The van der Waals surface area contributed by atoms with Crippen molar-refractivity contribution in [1.82, 2.24) is 0 Å². The van der Waals surface area contributed by atoms with Gasteiger partial charge in [0.05, 0.1) is 5.00 Å². The standard InChI is InChI=1S/C17H27NOS/c1-4-5-6-14-7-9-15(10-8-14)17(19)18-16-11-12(2)13(3)20-16/h11,14-15H,4-10H2,1-3H3,(H,18,19). The normalized spacial score (nSPS) is 22.8. The highest BCUT2D eigenvalue weighted by Crippen LogP contribution is 2.33. The van der Waals surface area contributed by atoms with E-state index in [4.69, 9.17) is 0 Å². The molecule has 1 heterocycles. The predicted molar refractivity (Wildman–Crippen MR) is 87.4 cm³/mol. The summed E-state index contributed by atoms with van der Waals surface area (Å²) in [5.41, 5.74) is 1.27. The largest absolute Gasteiger partial charge is 0.317 e. The molecular formula is C17H27NOS. The first kappa shape index (κ1) is 15.6. The van der Waals surface area contributed by atoms with Gasteiger partial charge in [0, 0.05) is 10.8 Å². The average Bonchev–Trinajstić information content (AvgIpc) is 2.75. The van der Waals surface area contributed by atoms with Crippen LogP contribution in [-0.4, -0.2) is 5.91 Å². The van der Waals surface area contributed by atoms with Crippen LogP contribution in [0.4, 0.5) is 5.00 Å². The predicted octanol–water partition coefficient (Wildman–Crippen LogP) is 5.30. The van der Waals surface area contributed by atoms with Crippen LogP contribution >= 0.6 is 11.3 Å². The number of hydrogen-bond donors (Lipinski definition) is 1. The fourth-order valence-electron chi connectivity index (χ4n) is 3.06. The van der Waals surface area contributed by atoms with Crippen LogP contribution in [0.2, 0.25) is 0 Å². The Balaban J connectivity index is 1.80. The van der Waals surface area contributed by atoms with Crippen LogP contribution in [0.15, 0.2) is 6.07 Å². The second kappa shape index (κ2) is 7.26. The van der Waals surface area contributed by atoms with E-state index in [1.54, 1.807) is 11.3 Å². The van der Waals surface area contributed by atoms with Gasteiger partial charge in [0.2, 0.25) is 5.91 Å². The van der Waals surface area contributed by atoms with Gasteiger partial charge in [-0.3, -0.25) is 4.79 Å². The van der Waals surface area contributed by atoms with Gasteiger partial charge in [0.1, 0.15) is 0 Å². The third-order valence-corrected chi connectivity index (χ3v) is 5.66. The van der Waals surface area contributed by atoms with E-state index in [0.29, 0.717) is 0 Å². The monoisotopic (exact) mass is 293 g/mol. The highest BCUT2D eigenvalue weighted by atomic mass is 32.1. The molecule has 1 aliphatic rings. The zero-order valence-electron chi connectivity index (χ0n) is 13.0. The first-order chi connectivity index (χ1) is 9.60. The number of thiophene rings is 1. The molecule has 0 unspecified atom stereocenters. The van der Waals surface area contributed by atoms with Gasteiger partial charge in [-0.25, -0.2) is 0 Å². The maximum absolute atomic E-state index is 12.3. The molecule has 0 atom stereocenters. The molecule has 1 aliphatic carbocycles. The molecule has 0 bridgehead atoms. The number of carbonyl (C=O) groups excluding carboxylic acids is 1. The zero-order valence-corrected chi connectivity index (χ0v) is 13.8. The SMILES string of the molecule is CCCCC1CCC(C(=O)Nc2cc(C)c(C)s2)CC1. The van der Waals surface area contributed by atoms with E-state index in [9.17, 15) is 4.79 Å². The lowest BCUT2D eigenvalue weighted by atomic mass is 9.79. The Hall–Kier alpha value is -0.830. The molecule has 1 N–H and O–H groups in total. The van der Waals surface area contributed by atoms with Gasteiger partial charge in [0.15, 0.2) is 0 Å². The Kier molecular flexibility index (Phi) is 5.64. The van der Waals surface area contributed by atoms with Crippen molar-refractivity contribution in [2.24, 2.45) is 11.8 Å². The summed E-state index contributed by atoms with van der Waals surface area (Å²) in [7, 11) is 0. The Morgan fingerprint density at radius 2 is 2.00 bits per heavy atom. The van der Waals surface area contributed by atoms with E-state index < -0.39 is 0 Å². The van der Waals surface area contributed by atoms with Crippen LogP contribution in [0.1, 0.15) is 62.3 Å². The van der Waals surface area contributed by atoms with Crippen molar-refractivity contribution >= 4 is 22.2 Å². The van der Waals surface area contributed by atoms with E-state index in [-0.39, 0.29) is 11.8 Å². The molecule has 2 nitrogen and oxygen atoms in total. The number of rotatable bonds is 5. The smallest absolute Gasteiger partial charge is 0.228 e. The summed E-state index contributed by atoms with van der Waals surface area (Å²) in [6, 6.07) is 2.09. The highest BCUT2D eigenvalue weighted by molar-refractivity contribution is 7.16. The van der Waals surface area contributed by atoms with Gasteiger partial charge in [-0.1, -0.05) is 26.2 Å². The molecule has 0 aliphatic heterocycles. The quantitative estimate of drug-likeness (QED) is 0.784. The maximum atomic E-state index is 12.3. The number of hydrogen-bond acceptors (Lipinski definition) is 2. The molecular weight excluding hydrogens is 266 g/mol. The number of anilines is 1. The Morgan fingerprint density at radius 1 is 1.30 bits per heavy atom. The summed E-state index contributed by atoms with van der Waals surface area (Å²) in [6.45, 7) is 6.46. The van der Waals surface area contributed by atoms with Gasteiger partial charge < -0.3 is 5.32 Å². The number of carbonyl (C=O) groups is 1. The van der Waals surface area contributed by atoms with Crippen LogP contribution in [0.5, 0.6) is 0 Å². The van der Waals surface area contributed by atoms with Gasteiger partial charge >= 0.3 is 0 Å². The summed E-state index contributed by atoms with van der Waals surface area (Å²) in [5, 5.41) is 4.12. The van der Waals surface area contributed by atoms with E-state index in [2.05, 4.69) is 32.2 Å². The first-order valence-corrected chi connectivity index (χ1v) is 8.79. The molecule has 0 spiro atoms. The van der Waals surface area contributed by atoms with Crippen molar-refractivity contribution in [1.29, 1.82) is 0 Å². The summed E-state index contributed by atoms with van der Waals surface area (Å²) < 4.78 is 0. The van der Waals surface area contributed by atoms with E-state index >= 15 is 0 Å². The lowest BCUT2D eigenvalue weighted by Gasteiger charge is -2.27. The van der Waals surface area contributed by atoms with E-state index in [1.807, 2.05) is 0 Å². The fraction of sp³-hybridized carbons (Fsp3) is 0.706. The van der Waals surface area contributed by atoms with Gasteiger partial charge in [-0.2, -0.15) is 0 Å². The zero-order chi connectivity index (χ0) is 14.5. The molecule has 2 rings (SSSR count). The number of nitrogens with one attached hydrogen (secondary N) is 1. The summed E-state index contributed by atoms with van der Waals surface area (Å²) >= 11 is 1.69. The van der Waals surface area contributed by atoms with Crippen molar-refractivity contribution < 1.29 is 4.79 Å². The maximum Gasteiger partial charge on any atom is 0.228 e. The second-order valence-electron chi connectivity index (χ2n) is 6.20. The Morgan fingerprint density at radius 3 is 2.55 bits per heavy atom. The highest BCUT2D eigenvalue weighted by Gasteiger charge is 2.26. The molecule has 0 saturated heterocycles. The lowest BCUT2D eigenvalue weighted by Crippen LogP contribution is -2.26. The summed E-state index contributed by atoms with van der Waals surface area (Å²) in [6.07, 6.45) is 8.61. The molecule has 20 heavy (non-hydrogen) atoms. The minimum atomic E-state index is 0.232. The molecule has 1 amide bonds. The Labute approximate surface area is 127 Å². The minimum Gasteiger partial charge on any atom is -0.317 e. The first-order valence-electron chi connectivity index (χ1n) is 7.98. The van der Waals surface area contributed by atoms with Crippen LogP contribution in [0, 0.1) is 25.7 Å². The summed E-state index contributed by atoms with van der Waals surface area (Å²) in [4.78, 5) is 13.6. The van der Waals surface area contributed by atoms with Crippen molar-refractivity contribution in [2.75, 3.05) is 5.32 Å². The molecule has 1 aromatic rings. The second-order valence-corrected chi connectivity index (χ2v) is 7.46. The van der Waals surface area contributed by atoms with E-state index in [1.165, 1.54) is 42.5 Å². The minimum absolute atomic E-state index is 0.232. The Bertz CT molecular complexity index is 424. The van der Waals surface area contributed by atoms with Crippen molar-refractivity contribution in [3.8, 4) is 0 Å². The molecule has 0 radical (unpaired) electrons. The molecule has 3 heteroatoms. The molecule has 1 aromatic heterocycles.